The maximum absolute atomic E-state index is 13.1. The van der Waals surface area contributed by atoms with Crippen molar-refractivity contribution in [3.8, 4) is 0 Å². The zero-order valence-electron chi connectivity index (χ0n) is 18.8. The van der Waals surface area contributed by atoms with E-state index in [0.29, 0.717) is 24.8 Å². The Balaban J connectivity index is 2.05. The summed E-state index contributed by atoms with van der Waals surface area (Å²) in [6.07, 6.45) is 0. The number of hydrogen-bond acceptors (Lipinski definition) is 3. The van der Waals surface area contributed by atoms with Gasteiger partial charge in [-0.05, 0) is 37.8 Å². The van der Waals surface area contributed by atoms with E-state index in [0.717, 1.165) is 16.9 Å². The summed E-state index contributed by atoms with van der Waals surface area (Å²) in [5.41, 5.74) is 4.61. The standard InChI is InChI=1S/C25H34N2O2S/c1-18(2)14-26-25(29)21(5)27(15-23-8-6-7-20(4)13-23)24(28)17-30-16-22-11-9-19(3)10-12-22/h6-13,18,21H,14-17H2,1-5H3,(H,26,29)/t21-/m0/s1. The van der Waals surface area contributed by atoms with Gasteiger partial charge in [-0.15, -0.1) is 11.8 Å². The Bertz CT molecular complexity index is 833. The predicted molar refractivity (Wildman–Crippen MR) is 126 cm³/mol. The molecule has 1 N–H and O–H groups in total. The van der Waals surface area contributed by atoms with Gasteiger partial charge >= 0.3 is 0 Å². The first-order valence-electron chi connectivity index (χ1n) is 10.5. The topological polar surface area (TPSA) is 49.4 Å². The molecule has 162 valence electrons. The zero-order chi connectivity index (χ0) is 22.1. The Morgan fingerprint density at radius 1 is 0.967 bits per heavy atom. The summed E-state index contributed by atoms with van der Waals surface area (Å²) in [6, 6.07) is 15.9. The van der Waals surface area contributed by atoms with Crippen LogP contribution in [0.2, 0.25) is 0 Å². The van der Waals surface area contributed by atoms with Crippen molar-refractivity contribution < 1.29 is 9.59 Å². The summed E-state index contributed by atoms with van der Waals surface area (Å²) < 4.78 is 0. The Morgan fingerprint density at radius 2 is 1.67 bits per heavy atom. The first-order valence-corrected chi connectivity index (χ1v) is 11.7. The van der Waals surface area contributed by atoms with E-state index in [1.54, 1.807) is 16.7 Å². The largest absolute Gasteiger partial charge is 0.354 e. The maximum atomic E-state index is 13.1. The highest BCUT2D eigenvalue weighted by molar-refractivity contribution is 7.99. The molecular formula is C25H34N2O2S. The predicted octanol–water partition coefficient (Wildman–Crippen LogP) is 4.73. The number of carbonyl (C=O) groups is 2. The minimum absolute atomic E-state index is 0.0131. The van der Waals surface area contributed by atoms with Gasteiger partial charge in [-0.25, -0.2) is 0 Å². The van der Waals surface area contributed by atoms with E-state index in [9.17, 15) is 9.59 Å². The molecule has 0 heterocycles. The van der Waals surface area contributed by atoms with Gasteiger partial charge in [0, 0.05) is 18.8 Å². The quantitative estimate of drug-likeness (QED) is 0.598. The van der Waals surface area contributed by atoms with Crippen molar-refractivity contribution in [1.29, 1.82) is 0 Å². The number of carbonyl (C=O) groups excluding carboxylic acids is 2. The van der Waals surface area contributed by atoms with Crippen molar-refractivity contribution in [2.75, 3.05) is 12.3 Å². The average Bonchev–Trinajstić information content (AvgIpc) is 2.71. The summed E-state index contributed by atoms with van der Waals surface area (Å²) in [5, 5.41) is 2.96. The fraction of sp³-hybridized carbons (Fsp3) is 0.440. The second-order valence-electron chi connectivity index (χ2n) is 8.30. The summed E-state index contributed by atoms with van der Waals surface area (Å²) >= 11 is 1.59. The lowest BCUT2D eigenvalue weighted by atomic mass is 10.1. The molecule has 0 aliphatic carbocycles. The lowest BCUT2D eigenvalue weighted by molar-refractivity contribution is -0.138. The summed E-state index contributed by atoms with van der Waals surface area (Å²) in [5.74, 6) is 1.38. The highest BCUT2D eigenvalue weighted by Gasteiger charge is 2.26. The van der Waals surface area contributed by atoms with Crippen LogP contribution in [0.5, 0.6) is 0 Å². The third-order valence-corrected chi connectivity index (χ3v) is 5.89. The van der Waals surface area contributed by atoms with Crippen LogP contribution >= 0.6 is 11.8 Å². The molecule has 4 nitrogen and oxygen atoms in total. The van der Waals surface area contributed by atoms with Gasteiger partial charge in [0.15, 0.2) is 0 Å². The molecule has 0 radical (unpaired) electrons. The molecule has 0 saturated heterocycles. The molecule has 5 heteroatoms. The smallest absolute Gasteiger partial charge is 0.242 e. The molecule has 2 rings (SSSR count). The molecule has 0 aliphatic heterocycles. The molecule has 0 fully saturated rings. The second kappa shape index (κ2) is 11.8. The molecule has 0 spiro atoms. The molecular weight excluding hydrogens is 392 g/mol. The van der Waals surface area contributed by atoms with Gasteiger partial charge in [0.25, 0.3) is 0 Å². The van der Waals surface area contributed by atoms with E-state index in [-0.39, 0.29) is 11.8 Å². The first kappa shape index (κ1) is 24.0. The number of benzene rings is 2. The Labute approximate surface area is 185 Å². The number of amides is 2. The van der Waals surface area contributed by atoms with E-state index in [2.05, 4.69) is 56.4 Å². The number of hydrogen-bond donors (Lipinski definition) is 1. The number of rotatable bonds is 10. The molecule has 1 atom stereocenters. The van der Waals surface area contributed by atoms with Crippen LogP contribution in [0, 0.1) is 19.8 Å². The van der Waals surface area contributed by atoms with Crippen LogP contribution in [0.4, 0.5) is 0 Å². The lowest BCUT2D eigenvalue weighted by Gasteiger charge is -2.29. The molecule has 0 saturated carbocycles. The Kier molecular flexibility index (Phi) is 9.44. The third-order valence-electron chi connectivity index (χ3n) is 4.90. The van der Waals surface area contributed by atoms with Crippen LogP contribution in [0.25, 0.3) is 0 Å². The van der Waals surface area contributed by atoms with Crippen LogP contribution in [0.3, 0.4) is 0 Å². The number of nitrogens with one attached hydrogen (secondary N) is 1. The van der Waals surface area contributed by atoms with Gasteiger partial charge in [-0.3, -0.25) is 9.59 Å². The van der Waals surface area contributed by atoms with Crippen molar-refractivity contribution >= 4 is 23.6 Å². The SMILES string of the molecule is Cc1ccc(CSCC(=O)N(Cc2cccc(C)c2)[C@@H](C)C(=O)NCC(C)C)cc1. The van der Waals surface area contributed by atoms with Gasteiger partial charge in [-0.2, -0.15) is 0 Å². The normalized spacial score (nSPS) is 11.9. The number of thioether (sulfide) groups is 1. The maximum Gasteiger partial charge on any atom is 0.242 e. The second-order valence-corrected chi connectivity index (χ2v) is 9.29. The van der Waals surface area contributed by atoms with Crippen molar-refractivity contribution in [2.45, 2.75) is 53.0 Å². The van der Waals surface area contributed by atoms with Crippen LogP contribution in [0.1, 0.15) is 43.0 Å². The fourth-order valence-corrected chi connectivity index (χ4v) is 3.94. The lowest BCUT2D eigenvalue weighted by Crippen LogP contribution is -2.48. The van der Waals surface area contributed by atoms with Crippen LogP contribution in [-0.2, 0) is 21.9 Å². The summed E-state index contributed by atoms with van der Waals surface area (Å²) in [4.78, 5) is 27.5. The molecule has 30 heavy (non-hydrogen) atoms. The molecule has 0 aromatic heterocycles. The van der Waals surface area contributed by atoms with Crippen molar-refractivity contribution in [1.82, 2.24) is 10.2 Å². The first-order chi connectivity index (χ1) is 14.3. The molecule has 0 bridgehead atoms. The molecule has 2 aromatic carbocycles. The highest BCUT2D eigenvalue weighted by Crippen LogP contribution is 2.17. The Morgan fingerprint density at radius 3 is 2.30 bits per heavy atom. The van der Waals surface area contributed by atoms with E-state index < -0.39 is 6.04 Å². The van der Waals surface area contributed by atoms with E-state index in [1.807, 2.05) is 32.0 Å². The zero-order valence-corrected chi connectivity index (χ0v) is 19.6. The highest BCUT2D eigenvalue weighted by atomic mass is 32.2. The van der Waals surface area contributed by atoms with E-state index in [1.165, 1.54) is 11.1 Å². The van der Waals surface area contributed by atoms with E-state index in [4.69, 9.17) is 0 Å². The Hall–Kier alpha value is -2.27. The molecule has 2 amide bonds. The van der Waals surface area contributed by atoms with Gasteiger partial charge < -0.3 is 10.2 Å². The van der Waals surface area contributed by atoms with Crippen molar-refractivity contribution in [2.24, 2.45) is 5.92 Å². The van der Waals surface area contributed by atoms with Crippen LogP contribution in [0.15, 0.2) is 48.5 Å². The fourth-order valence-electron chi connectivity index (χ4n) is 3.07. The summed E-state index contributed by atoms with van der Waals surface area (Å²) in [6.45, 7) is 11.1. The van der Waals surface area contributed by atoms with Crippen molar-refractivity contribution in [3.63, 3.8) is 0 Å². The van der Waals surface area contributed by atoms with Crippen LogP contribution < -0.4 is 5.32 Å². The third kappa shape index (κ3) is 7.86. The van der Waals surface area contributed by atoms with Gasteiger partial charge in [0.1, 0.15) is 6.04 Å². The molecule has 2 aromatic rings. The number of aryl methyl sites for hydroxylation is 2. The van der Waals surface area contributed by atoms with Gasteiger partial charge in [-0.1, -0.05) is 73.5 Å². The average molecular weight is 427 g/mol. The van der Waals surface area contributed by atoms with E-state index >= 15 is 0 Å². The number of nitrogens with zero attached hydrogens (tertiary/aromatic N) is 1. The van der Waals surface area contributed by atoms with Crippen molar-refractivity contribution in [3.05, 3.63) is 70.8 Å². The van der Waals surface area contributed by atoms with Crippen LogP contribution in [-0.4, -0.2) is 35.1 Å². The van der Waals surface area contributed by atoms with Gasteiger partial charge in [0.05, 0.1) is 5.75 Å². The minimum atomic E-state index is -0.517. The minimum Gasteiger partial charge on any atom is -0.354 e. The molecule has 0 aliphatic rings. The van der Waals surface area contributed by atoms with Gasteiger partial charge in [0.2, 0.25) is 11.8 Å². The summed E-state index contributed by atoms with van der Waals surface area (Å²) in [7, 11) is 0. The monoisotopic (exact) mass is 426 g/mol. The molecule has 0 unspecified atom stereocenters.